The molecular weight excluding hydrogens is 390 g/mol. The average molecular weight is 422 g/mol. The molecule has 0 aliphatic heterocycles. The molecule has 31 heavy (non-hydrogen) atoms. The minimum absolute atomic E-state index is 0.181. The van der Waals surface area contributed by atoms with Crippen LogP contribution in [0.1, 0.15) is 66.6 Å². The Kier molecular flexibility index (Phi) is 7.76. The van der Waals surface area contributed by atoms with E-state index in [0.29, 0.717) is 11.7 Å². The first-order valence-corrected chi connectivity index (χ1v) is 10.8. The maximum atomic E-state index is 12.7. The second-order valence-corrected chi connectivity index (χ2v) is 7.90. The van der Waals surface area contributed by atoms with Gasteiger partial charge in [0.15, 0.2) is 0 Å². The highest BCUT2D eigenvalue weighted by atomic mass is 16.5. The Morgan fingerprint density at radius 2 is 2.10 bits per heavy atom. The zero-order valence-electron chi connectivity index (χ0n) is 18.6. The molecule has 2 N–H and O–H groups in total. The Balaban J connectivity index is 1.72. The van der Waals surface area contributed by atoms with Crippen molar-refractivity contribution in [1.29, 1.82) is 0 Å². The average Bonchev–Trinajstić information content (AvgIpc) is 3.26. The lowest BCUT2D eigenvalue weighted by Gasteiger charge is -2.19. The summed E-state index contributed by atoms with van der Waals surface area (Å²) in [5.41, 5.74) is 2.98. The minimum Gasteiger partial charge on any atom is -0.497 e. The molecule has 0 bridgehead atoms. The van der Waals surface area contributed by atoms with Gasteiger partial charge in [-0.1, -0.05) is 44.2 Å². The summed E-state index contributed by atoms with van der Waals surface area (Å²) in [5.74, 6) is 2.27. The Labute approximate surface area is 183 Å². The van der Waals surface area contributed by atoms with E-state index in [-0.39, 0.29) is 11.7 Å². The lowest BCUT2D eigenvalue weighted by atomic mass is 9.87. The lowest BCUT2D eigenvalue weighted by Crippen LogP contribution is -2.23. The topological polar surface area (TPSA) is 92.3 Å². The van der Waals surface area contributed by atoms with Crippen molar-refractivity contribution in [2.24, 2.45) is 10.9 Å². The molecule has 1 aromatic carbocycles. The van der Waals surface area contributed by atoms with Gasteiger partial charge in [0, 0.05) is 6.42 Å². The second kappa shape index (κ2) is 10.7. The monoisotopic (exact) mass is 421 g/mol. The van der Waals surface area contributed by atoms with Gasteiger partial charge in [0.2, 0.25) is 5.82 Å². The third-order valence-electron chi connectivity index (χ3n) is 5.73. The number of nitrogens with one attached hydrogen (secondary N) is 2. The summed E-state index contributed by atoms with van der Waals surface area (Å²) in [6, 6.07) is 5.87. The highest BCUT2D eigenvalue weighted by Crippen LogP contribution is 2.27. The van der Waals surface area contributed by atoms with Gasteiger partial charge < -0.3 is 15.0 Å². The summed E-state index contributed by atoms with van der Waals surface area (Å²) in [6.07, 6.45) is 10.9. The molecule has 7 nitrogen and oxygen atoms in total. The normalized spacial score (nSPS) is 15.6. The summed E-state index contributed by atoms with van der Waals surface area (Å²) in [7, 11) is 1.64. The minimum atomic E-state index is -0.390. The summed E-state index contributed by atoms with van der Waals surface area (Å²) >= 11 is 0. The first-order valence-electron chi connectivity index (χ1n) is 10.8. The number of carbonyl (C=O) groups excluding carboxylic acids is 1. The maximum absolute atomic E-state index is 12.7. The number of hydrogen-bond donors (Lipinski definition) is 2. The van der Waals surface area contributed by atoms with E-state index >= 15 is 0 Å². The lowest BCUT2D eigenvalue weighted by molar-refractivity contribution is 0.0955. The molecular formula is C24H31N5O2. The van der Waals surface area contributed by atoms with Gasteiger partial charge >= 0.3 is 0 Å². The molecule has 0 atom stereocenters. The number of aryl methyl sites for hydroxylation is 1. The number of allylic oxidation sites excluding steroid dienone is 3. The molecule has 2 aromatic rings. The molecule has 3 rings (SSSR count). The van der Waals surface area contributed by atoms with Crippen molar-refractivity contribution >= 4 is 18.2 Å². The smallest absolute Gasteiger partial charge is 0.294 e. The number of carbonyl (C=O) groups is 1. The van der Waals surface area contributed by atoms with Crippen LogP contribution in [0.15, 0.2) is 41.2 Å². The summed E-state index contributed by atoms with van der Waals surface area (Å²) in [6.45, 7) is 7.55. The van der Waals surface area contributed by atoms with E-state index in [0.717, 1.165) is 34.7 Å². The molecule has 164 valence electrons. The molecule has 0 spiro atoms. The zero-order chi connectivity index (χ0) is 22.2. The number of nitrogens with zero attached hydrogens (tertiary/aromatic N) is 3. The highest BCUT2D eigenvalue weighted by molar-refractivity contribution is 5.92. The number of hydrogen-bond acceptors (Lipinski definition) is 5. The summed E-state index contributed by atoms with van der Waals surface area (Å²) < 4.78 is 5.34. The summed E-state index contributed by atoms with van der Waals surface area (Å²) in [4.78, 5) is 19.7. The first-order chi connectivity index (χ1) is 15.0. The number of benzene rings is 1. The third kappa shape index (κ3) is 5.90. The van der Waals surface area contributed by atoms with Crippen molar-refractivity contribution in [3.8, 4) is 5.75 Å². The quantitative estimate of drug-likeness (QED) is 0.480. The largest absolute Gasteiger partial charge is 0.497 e. The van der Waals surface area contributed by atoms with Gasteiger partial charge in [0.1, 0.15) is 17.4 Å². The van der Waals surface area contributed by atoms with Crippen LogP contribution in [0.25, 0.3) is 5.57 Å². The molecule has 1 saturated carbocycles. The van der Waals surface area contributed by atoms with E-state index in [1.165, 1.54) is 32.1 Å². The van der Waals surface area contributed by atoms with E-state index in [4.69, 9.17) is 4.74 Å². The van der Waals surface area contributed by atoms with Crippen LogP contribution in [0.2, 0.25) is 0 Å². The van der Waals surface area contributed by atoms with Crippen LogP contribution in [-0.2, 0) is 6.42 Å². The van der Waals surface area contributed by atoms with Gasteiger partial charge in [-0.3, -0.25) is 4.79 Å². The van der Waals surface area contributed by atoms with E-state index in [1.54, 1.807) is 13.2 Å². The van der Waals surface area contributed by atoms with Gasteiger partial charge in [-0.2, -0.15) is 0 Å². The summed E-state index contributed by atoms with van der Waals surface area (Å²) in [5, 5.41) is 11.0. The van der Waals surface area contributed by atoms with Crippen LogP contribution in [0, 0.1) is 12.8 Å². The fraction of sp³-hybridized carbons (Fsp3) is 0.417. The van der Waals surface area contributed by atoms with Crippen molar-refractivity contribution < 1.29 is 9.53 Å². The molecule has 0 saturated heterocycles. The van der Waals surface area contributed by atoms with Crippen molar-refractivity contribution in [1.82, 2.24) is 20.5 Å². The van der Waals surface area contributed by atoms with Crippen LogP contribution in [-0.4, -0.2) is 34.9 Å². The number of amides is 1. The van der Waals surface area contributed by atoms with Crippen LogP contribution in [0.3, 0.4) is 0 Å². The third-order valence-corrected chi connectivity index (χ3v) is 5.73. The van der Waals surface area contributed by atoms with Gasteiger partial charge in [-0.05, 0) is 61.4 Å². The maximum Gasteiger partial charge on any atom is 0.294 e. The van der Waals surface area contributed by atoms with Crippen molar-refractivity contribution in [3.05, 3.63) is 58.9 Å². The molecule has 1 aliphatic rings. The Hall–Kier alpha value is -3.22. The van der Waals surface area contributed by atoms with Gasteiger partial charge in [0.25, 0.3) is 5.91 Å². The fourth-order valence-electron chi connectivity index (χ4n) is 3.96. The van der Waals surface area contributed by atoms with Crippen LogP contribution >= 0.6 is 0 Å². The number of aromatic amines is 1. The molecule has 7 heteroatoms. The Bertz CT molecular complexity index is 984. The predicted molar refractivity (Wildman–Crippen MR) is 123 cm³/mol. The molecule has 1 amide bonds. The van der Waals surface area contributed by atoms with Gasteiger partial charge in [-0.15, -0.1) is 10.2 Å². The standard InChI is InChI=1S/C24H31N5O2/c1-5-18(20-15-19(31-4)12-11-16(20)2)14-21(25-3)27-24(30)23-26-22(28-29-23)13-17-9-7-6-8-10-17/h5,11-12,14-15,17H,3,6-10,13H2,1-2,4H3,(H,27,30)(H,26,28,29)/b18-5+,21-14+. The predicted octanol–water partition coefficient (Wildman–Crippen LogP) is 4.62. The highest BCUT2D eigenvalue weighted by Gasteiger charge is 2.18. The van der Waals surface area contributed by atoms with Crippen molar-refractivity contribution in [3.63, 3.8) is 0 Å². The number of H-pyrrole nitrogens is 1. The van der Waals surface area contributed by atoms with Gasteiger partial charge in [-0.25, -0.2) is 4.99 Å². The van der Waals surface area contributed by atoms with E-state index in [9.17, 15) is 4.79 Å². The second-order valence-electron chi connectivity index (χ2n) is 7.90. The van der Waals surface area contributed by atoms with E-state index in [1.807, 2.05) is 38.1 Å². The number of methoxy groups -OCH3 is 1. The number of ether oxygens (including phenoxy) is 1. The van der Waals surface area contributed by atoms with Crippen molar-refractivity contribution in [2.75, 3.05) is 7.11 Å². The number of rotatable bonds is 8. The Morgan fingerprint density at radius 3 is 2.77 bits per heavy atom. The molecule has 1 aliphatic carbocycles. The van der Waals surface area contributed by atoms with E-state index in [2.05, 4.69) is 32.2 Å². The van der Waals surface area contributed by atoms with E-state index < -0.39 is 0 Å². The molecule has 0 radical (unpaired) electrons. The SMILES string of the molecule is C=N/C(=C\C(=C/C)c1cc(OC)ccc1C)NC(=O)c1nnc(CC2CCCCC2)[nH]1. The number of aromatic nitrogens is 3. The molecule has 1 aromatic heterocycles. The molecule has 0 unspecified atom stereocenters. The Morgan fingerprint density at radius 1 is 1.32 bits per heavy atom. The van der Waals surface area contributed by atoms with Crippen LogP contribution in [0.4, 0.5) is 0 Å². The van der Waals surface area contributed by atoms with Crippen molar-refractivity contribution in [2.45, 2.75) is 52.4 Å². The van der Waals surface area contributed by atoms with Crippen LogP contribution < -0.4 is 10.1 Å². The zero-order valence-corrected chi connectivity index (χ0v) is 18.6. The van der Waals surface area contributed by atoms with Gasteiger partial charge in [0.05, 0.1) is 7.11 Å². The van der Waals surface area contributed by atoms with Crippen LogP contribution in [0.5, 0.6) is 5.75 Å². The fourth-order valence-corrected chi connectivity index (χ4v) is 3.96. The molecule has 1 heterocycles. The molecule has 1 fully saturated rings. The first kappa shape index (κ1) is 22.5. The number of aliphatic imine (C=N–C) groups is 1.